The Morgan fingerprint density at radius 1 is 1.21 bits per heavy atom. The summed E-state index contributed by atoms with van der Waals surface area (Å²) in [5, 5.41) is 0. The maximum Gasteiger partial charge on any atom is 0.124 e. The van der Waals surface area contributed by atoms with Crippen molar-refractivity contribution in [2.24, 2.45) is 5.73 Å². The zero-order valence-electron chi connectivity index (χ0n) is 11.2. The molecule has 0 amide bonds. The van der Waals surface area contributed by atoms with Crippen molar-refractivity contribution in [1.29, 1.82) is 0 Å². The third-order valence-corrected chi connectivity index (χ3v) is 3.11. The standard InChI is InChI=1S/C16H18FNO/c1-11-5-3-4-6-13(11)10-19-16-8-7-14(17)9-15(16)12(2)18/h3-9,12H,10,18H2,1-2H3. The predicted octanol–water partition coefficient (Wildman–Crippen LogP) is 3.73. The van der Waals surface area contributed by atoms with Gasteiger partial charge in [-0.15, -0.1) is 0 Å². The fourth-order valence-electron chi connectivity index (χ4n) is 1.93. The molecule has 0 saturated heterocycles. The lowest BCUT2D eigenvalue weighted by Gasteiger charge is -2.15. The number of aryl methyl sites for hydroxylation is 1. The van der Waals surface area contributed by atoms with Crippen molar-refractivity contribution in [3.8, 4) is 5.75 Å². The zero-order chi connectivity index (χ0) is 13.8. The molecule has 2 nitrogen and oxygen atoms in total. The Morgan fingerprint density at radius 2 is 1.95 bits per heavy atom. The van der Waals surface area contributed by atoms with Crippen molar-refractivity contribution in [3.63, 3.8) is 0 Å². The molecule has 19 heavy (non-hydrogen) atoms. The minimum absolute atomic E-state index is 0.262. The van der Waals surface area contributed by atoms with Crippen LogP contribution in [0.25, 0.3) is 0 Å². The lowest BCUT2D eigenvalue weighted by molar-refractivity contribution is 0.300. The van der Waals surface area contributed by atoms with Crippen LogP contribution in [-0.2, 0) is 6.61 Å². The van der Waals surface area contributed by atoms with Gasteiger partial charge in [-0.2, -0.15) is 0 Å². The Bertz CT molecular complexity index is 566. The molecule has 0 spiro atoms. The highest BCUT2D eigenvalue weighted by Gasteiger charge is 2.10. The molecule has 0 heterocycles. The van der Waals surface area contributed by atoms with Crippen LogP contribution in [0, 0.1) is 12.7 Å². The van der Waals surface area contributed by atoms with Gasteiger partial charge in [0.05, 0.1) is 0 Å². The maximum absolute atomic E-state index is 13.2. The van der Waals surface area contributed by atoms with E-state index in [-0.39, 0.29) is 11.9 Å². The number of benzene rings is 2. The summed E-state index contributed by atoms with van der Waals surface area (Å²) in [7, 11) is 0. The molecule has 100 valence electrons. The number of ether oxygens (including phenoxy) is 1. The molecule has 0 aromatic heterocycles. The van der Waals surface area contributed by atoms with Gasteiger partial charge in [-0.25, -0.2) is 4.39 Å². The molecule has 2 aromatic rings. The highest BCUT2D eigenvalue weighted by Crippen LogP contribution is 2.25. The predicted molar refractivity (Wildman–Crippen MR) is 74.5 cm³/mol. The fourth-order valence-corrected chi connectivity index (χ4v) is 1.93. The summed E-state index contributed by atoms with van der Waals surface area (Å²) >= 11 is 0. The quantitative estimate of drug-likeness (QED) is 0.908. The summed E-state index contributed by atoms with van der Waals surface area (Å²) in [5.41, 5.74) is 8.81. The molecule has 0 fully saturated rings. The number of nitrogens with two attached hydrogens (primary N) is 1. The molecule has 0 bridgehead atoms. The Morgan fingerprint density at radius 3 is 2.63 bits per heavy atom. The van der Waals surface area contributed by atoms with Crippen LogP contribution in [-0.4, -0.2) is 0 Å². The largest absolute Gasteiger partial charge is 0.489 e. The summed E-state index contributed by atoms with van der Waals surface area (Å²) in [6, 6.07) is 12.2. The van der Waals surface area contributed by atoms with Crippen LogP contribution >= 0.6 is 0 Å². The molecule has 0 radical (unpaired) electrons. The van der Waals surface area contributed by atoms with Crippen molar-refractivity contribution in [1.82, 2.24) is 0 Å². The molecule has 1 atom stereocenters. The van der Waals surface area contributed by atoms with Crippen molar-refractivity contribution in [2.45, 2.75) is 26.5 Å². The summed E-state index contributed by atoms with van der Waals surface area (Å²) in [6.45, 7) is 4.31. The molecule has 3 heteroatoms. The minimum atomic E-state index is -0.296. The average molecular weight is 259 g/mol. The molecule has 2 N–H and O–H groups in total. The average Bonchev–Trinajstić information content (AvgIpc) is 2.38. The van der Waals surface area contributed by atoms with E-state index in [4.69, 9.17) is 10.5 Å². The molecular formula is C16H18FNO. The third-order valence-electron chi connectivity index (χ3n) is 3.11. The Labute approximate surface area is 113 Å². The van der Waals surface area contributed by atoms with Crippen molar-refractivity contribution < 1.29 is 9.13 Å². The summed E-state index contributed by atoms with van der Waals surface area (Å²) in [5.74, 6) is 0.343. The second kappa shape index (κ2) is 5.85. The van der Waals surface area contributed by atoms with Crippen molar-refractivity contribution >= 4 is 0 Å². The topological polar surface area (TPSA) is 35.2 Å². The zero-order valence-corrected chi connectivity index (χ0v) is 11.2. The van der Waals surface area contributed by atoms with Gasteiger partial charge >= 0.3 is 0 Å². The first-order valence-corrected chi connectivity index (χ1v) is 6.30. The van der Waals surface area contributed by atoms with Crippen LogP contribution in [0.3, 0.4) is 0 Å². The molecule has 0 saturated carbocycles. The molecule has 1 unspecified atom stereocenters. The normalized spacial score (nSPS) is 12.2. The summed E-state index contributed by atoms with van der Waals surface area (Å²) in [4.78, 5) is 0. The number of halogens is 1. The highest BCUT2D eigenvalue weighted by molar-refractivity contribution is 5.36. The van der Waals surface area contributed by atoms with Crippen LogP contribution < -0.4 is 10.5 Å². The Hall–Kier alpha value is -1.87. The first kappa shape index (κ1) is 13.6. The SMILES string of the molecule is Cc1ccccc1COc1ccc(F)cc1C(C)N. The van der Waals surface area contributed by atoms with Gasteiger partial charge < -0.3 is 10.5 Å². The lowest BCUT2D eigenvalue weighted by Crippen LogP contribution is -2.09. The van der Waals surface area contributed by atoms with Crippen molar-refractivity contribution in [2.75, 3.05) is 0 Å². The van der Waals surface area contributed by atoms with Crippen LogP contribution in [0.5, 0.6) is 5.75 Å². The molecule has 0 aliphatic rings. The molecule has 0 aliphatic carbocycles. The lowest BCUT2D eigenvalue weighted by atomic mass is 10.1. The van der Waals surface area contributed by atoms with Gasteiger partial charge in [0.2, 0.25) is 0 Å². The van der Waals surface area contributed by atoms with E-state index in [1.165, 1.54) is 17.7 Å². The summed E-state index contributed by atoms with van der Waals surface area (Å²) < 4.78 is 19.0. The molecule has 2 rings (SSSR count). The number of rotatable bonds is 4. The van der Waals surface area contributed by atoms with E-state index in [1.54, 1.807) is 6.07 Å². The Kier molecular flexibility index (Phi) is 4.17. The van der Waals surface area contributed by atoms with E-state index in [2.05, 4.69) is 0 Å². The monoisotopic (exact) mass is 259 g/mol. The van der Waals surface area contributed by atoms with Crippen LogP contribution in [0.1, 0.15) is 29.7 Å². The number of hydrogen-bond acceptors (Lipinski definition) is 2. The van der Waals surface area contributed by atoms with Gasteiger partial charge in [0.25, 0.3) is 0 Å². The summed E-state index contributed by atoms with van der Waals surface area (Å²) in [6.07, 6.45) is 0. The van der Waals surface area contributed by atoms with Crippen LogP contribution in [0.4, 0.5) is 4.39 Å². The Balaban J connectivity index is 2.18. The second-order valence-electron chi connectivity index (χ2n) is 4.69. The maximum atomic E-state index is 13.2. The van der Waals surface area contributed by atoms with Crippen LogP contribution in [0.15, 0.2) is 42.5 Å². The molecule has 2 aromatic carbocycles. The van der Waals surface area contributed by atoms with Gasteiger partial charge in [-0.3, -0.25) is 0 Å². The van der Waals surface area contributed by atoms with E-state index in [0.717, 1.165) is 5.56 Å². The second-order valence-corrected chi connectivity index (χ2v) is 4.69. The third kappa shape index (κ3) is 3.32. The van der Waals surface area contributed by atoms with E-state index < -0.39 is 0 Å². The van der Waals surface area contributed by atoms with E-state index in [1.807, 2.05) is 38.1 Å². The molecule has 0 aliphatic heterocycles. The van der Waals surface area contributed by atoms with E-state index >= 15 is 0 Å². The number of hydrogen-bond donors (Lipinski definition) is 1. The minimum Gasteiger partial charge on any atom is -0.489 e. The van der Waals surface area contributed by atoms with Crippen LogP contribution in [0.2, 0.25) is 0 Å². The van der Waals surface area contributed by atoms with Crippen molar-refractivity contribution in [3.05, 3.63) is 65.0 Å². The van der Waals surface area contributed by atoms with E-state index in [9.17, 15) is 4.39 Å². The van der Waals surface area contributed by atoms with Gasteiger partial charge in [-0.05, 0) is 43.2 Å². The smallest absolute Gasteiger partial charge is 0.124 e. The molecular weight excluding hydrogens is 241 g/mol. The van der Waals surface area contributed by atoms with Gasteiger partial charge in [0.15, 0.2) is 0 Å². The van der Waals surface area contributed by atoms with Gasteiger partial charge in [0.1, 0.15) is 18.2 Å². The first-order chi connectivity index (χ1) is 9.08. The fraction of sp³-hybridized carbons (Fsp3) is 0.250. The highest BCUT2D eigenvalue weighted by atomic mass is 19.1. The first-order valence-electron chi connectivity index (χ1n) is 6.30. The van der Waals surface area contributed by atoms with E-state index in [0.29, 0.717) is 17.9 Å². The van der Waals surface area contributed by atoms with Gasteiger partial charge in [0, 0.05) is 11.6 Å². The van der Waals surface area contributed by atoms with Gasteiger partial charge in [-0.1, -0.05) is 24.3 Å².